The second kappa shape index (κ2) is 35.6. The van der Waals surface area contributed by atoms with Gasteiger partial charge >= 0.3 is 5.97 Å². The number of carbonyl (C=O) groups is 5. The second-order valence-corrected chi connectivity index (χ2v) is 25.5. The first-order chi connectivity index (χ1) is 53.0. The average Bonchev–Trinajstić information content (AvgIpc) is 1.71. The van der Waals surface area contributed by atoms with Crippen LogP contribution in [0.15, 0.2) is 122 Å². The predicted octanol–water partition coefficient (Wildman–Crippen LogP) is 11.3. The van der Waals surface area contributed by atoms with Crippen LogP contribution in [0, 0.1) is 73.2 Å². The zero-order valence-electron chi connectivity index (χ0n) is 60.3. The van der Waals surface area contributed by atoms with Gasteiger partial charge in [-0.25, -0.2) is 71.5 Å². The lowest BCUT2D eigenvalue weighted by atomic mass is 10.1. The van der Waals surface area contributed by atoms with Gasteiger partial charge in [0.1, 0.15) is 64.6 Å². The molecule has 582 valence electrons. The van der Waals surface area contributed by atoms with Gasteiger partial charge in [-0.05, 0) is 141 Å². The molecule has 1 fully saturated rings. The number of fused-ring (bicyclic) bond motifs is 4. The summed E-state index contributed by atoms with van der Waals surface area (Å²) in [6.07, 6.45) is 6.92. The van der Waals surface area contributed by atoms with Gasteiger partial charge in [-0.1, -0.05) is 31.2 Å². The number of imidazole rings is 4. The summed E-state index contributed by atoms with van der Waals surface area (Å²) < 4.78 is 123. The number of hydrogen-bond donors (Lipinski definition) is 12. The van der Waals surface area contributed by atoms with Crippen LogP contribution in [0.5, 0.6) is 0 Å². The number of aliphatic hydroxyl groups is 3. The van der Waals surface area contributed by atoms with Crippen molar-refractivity contribution in [1.82, 2.24) is 54.6 Å². The second-order valence-electron chi connectivity index (χ2n) is 25.5. The fourth-order valence-corrected chi connectivity index (χ4v) is 11.0. The number of aromatic nitrogens is 8. The Morgan fingerprint density at radius 1 is 0.505 bits per heavy atom. The number of benzene rings is 8. The summed E-state index contributed by atoms with van der Waals surface area (Å²) in [5.41, 5.74) is 14.5. The van der Waals surface area contributed by atoms with Crippen LogP contribution in [0.1, 0.15) is 83.5 Å². The van der Waals surface area contributed by atoms with Crippen molar-refractivity contribution in [2.45, 2.75) is 59.6 Å². The smallest absolute Gasteiger partial charge is 0.323 e. The van der Waals surface area contributed by atoms with Gasteiger partial charge in [0.15, 0.2) is 23.3 Å². The SMILES string of the molecule is CCc1ccc(Nc2c(C(N)=O)cc3c(ncn3C)c2F)c(F)c1.Cc1ccc(Nc2c(C(=O)NOCC3CC3)cc3c(ncn3CC(=O)O)c2F)c(F)c1.Cc1ccc(Nc2c(C(=O)NOCCO)cc3c(ncn3C)c2F)c(F)c1.Cc1ccc(Nc2c(C(=O)NOC[C@H](O)CO)cc3c(ncn3C)c2F)c(F)c1. The summed E-state index contributed by atoms with van der Waals surface area (Å²) in [7, 11) is 4.97. The van der Waals surface area contributed by atoms with E-state index in [-0.39, 0.29) is 115 Å². The number of carboxylic acids is 1. The monoisotopic (exact) mass is 1540 g/mol. The minimum atomic E-state index is -1.19. The van der Waals surface area contributed by atoms with Gasteiger partial charge < -0.3 is 65.7 Å². The van der Waals surface area contributed by atoms with Crippen molar-refractivity contribution in [3.63, 3.8) is 0 Å². The molecule has 1 saturated carbocycles. The van der Waals surface area contributed by atoms with Crippen molar-refractivity contribution in [1.29, 1.82) is 0 Å². The molecule has 111 heavy (non-hydrogen) atoms. The van der Waals surface area contributed by atoms with Gasteiger partial charge in [0.25, 0.3) is 23.6 Å². The van der Waals surface area contributed by atoms with E-state index in [1.807, 2.05) is 6.92 Å². The number of aliphatic carboxylic acids is 1. The van der Waals surface area contributed by atoms with Crippen molar-refractivity contribution >= 4 is 119 Å². The molecule has 0 unspecified atom stereocenters. The number of halogens is 8. The highest BCUT2D eigenvalue weighted by Crippen LogP contribution is 2.37. The molecule has 1 atom stereocenters. The molecule has 13 rings (SSSR count). The molecule has 13 N–H and O–H groups in total. The fourth-order valence-electron chi connectivity index (χ4n) is 11.0. The highest BCUT2D eigenvalue weighted by atomic mass is 19.2. The summed E-state index contributed by atoms with van der Waals surface area (Å²) >= 11 is 0. The van der Waals surface area contributed by atoms with Crippen LogP contribution < -0.4 is 43.4 Å². The summed E-state index contributed by atoms with van der Waals surface area (Å²) in [5.74, 6) is -9.54. The molecule has 0 spiro atoms. The van der Waals surface area contributed by atoms with Crippen molar-refractivity contribution in [3.8, 4) is 0 Å². The molecule has 0 radical (unpaired) electrons. The molecule has 0 aliphatic heterocycles. The Kier molecular flexibility index (Phi) is 26.0. The Morgan fingerprint density at radius 2 is 0.865 bits per heavy atom. The number of aliphatic hydroxyl groups excluding tert-OH is 3. The number of aryl methyl sites for hydroxylation is 7. The minimum Gasteiger partial charge on any atom is -0.480 e. The quantitative estimate of drug-likeness (QED) is 0.0144. The van der Waals surface area contributed by atoms with E-state index in [1.54, 1.807) is 75.3 Å². The van der Waals surface area contributed by atoms with Gasteiger partial charge in [-0.15, -0.1) is 0 Å². The number of nitrogens with one attached hydrogen (secondary N) is 7. The third-order valence-corrected chi connectivity index (χ3v) is 17.1. The number of anilines is 8. The van der Waals surface area contributed by atoms with Crippen LogP contribution in [0.25, 0.3) is 44.1 Å². The van der Waals surface area contributed by atoms with E-state index >= 15 is 13.2 Å². The number of hydroxylamine groups is 3. The molecule has 8 aromatic carbocycles. The Labute approximate surface area is 625 Å². The number of nitrogens with zero attached hydrogens (tertiary/aromatic N) is 8. The summed E-state index contributed by atoms with van der Waals surface area (Å²) in [6, 6.07) is 23.3. The number of rotatable bonds is 25. The molecule has 28 nitrogen and oxygen atoms in total. The normalized spacial score (nSPS) is 12.0. The standard InChI is InChI=1S/C21H20F2N4O4.C19H20F2N4O4.C18H18F2N4O3.C17H16F2N4O/c1-11-2-5-15(14(22)6-11)25-19-13(21(30)26-31-9-12-3-4-12)7-16-20(18(19)23)24-10-27(16)8-17(28)29;1-10-3-4-14(13(20)5-10)23-17-12(19(28)24-29-8-11(27)7-26)6-15-18(16(17)21)22-9-25(15)2;1-10-3-4-13(12(19)7-10)22-16-11(18(26)23-27-6-5-25)8-14-17(15(16)20)21-9-24(14)2;1-3-9-4-5-12(11(18)6-9)22-15-10(17(20)24)7-13-16(14(15)19)21-8-23(13)2/h2,5-7,10,12,25H,3-4,8-9H2,1H3,(H,26,30)(H,28,29);3-6,9,11,23,26-27H,7-8H2,1-2H3,(H,24,28);3-4,7-9,22,25H,5-6H2,1-2H3,(H,23,26);4-8,22H,3H2,1-2H3,(H2,20,24)/t;11-;;/m.1../s1. The lowest BCUT2D eigenvalue weighted by Gasteiger charge is -2.15. The number of carbonyl (C=O) groups excluding carboxylic acids is 4. The van der Waals surface area contributed by atoms with Gasteiger partial charge in [-0.2, -0.15) is 0 Å². The largest absolute Gasteiger partial charge is 0.480 e. The fraction of sp³-hybridized carbons (Fsp3) is 0.240. The van der Waals surface area contributed by atoms with Crippen molar-refractivity contribution in [2.24, 2.45) is 32.8 Å². The maximum Gasteiger partial charge on any atom is 0.323 e. The first kappa shape index (κ1) is 80.9. The molecule has 0 saturated heterocycles. The molecule has 12 aromatic rings. The van der Waals surface area contributed by atoms with Crippen LogP contribution in [0.3, 0.4) is 0 Å². The molecular weight excluding hydrogens is 1470 g/mol. The van der Waals surface area contributed by atoms with Gasteiger partial charge in [0.05, 0.1) is 142 Å². The van der Waals surface area contributed by atoms with Crippen LogP contribution >= 0.6 is 0 Å². The molecule has 36 heteroatoms. The number of primary amides is 1. The lowest BCUT2D eigenvalue weighted by Crippen LogP contribution is -2.30. The third-order valence-electron chi connectivity index (χ3n) is 17.1. The molecule has 4 aromatic heterocycles. The summed E-state index contributed by atoms with van der Waals surface area (Å²) in [4.78, 5) is 91.4. The van der Waals surface area contributed by atoms with Crippen LogP contribution in [0.2, 0.25) is 0 Å². The Hall–Kier alpha value is -12.6. The molecule has 1 aliphatic carbocycles. The van der Waals surface area contributed by atoms with E-state index in [9.17, 15) is 51.0 Å². The van der Waals surface area contributed by atoms with Crippen molar-refractivity contribution in [2.75, 3.05) is 54.3 Å². The molecule has 4 heterocycles. The van der Waals surface area contributed by atoms with Gasteiger partial charge in [0, 0.05) is 21.1 Å². The zero-order valence-corrected chi connectivity index (χ0v) is 60.3. The number of amides is 4. The Morgan fingerprint density at radius 3 is 1.23 bits per heavy atom. The summed E-state index contributed by atoms with van der Waals surface area (Å²) in [5, 5.41) is 46.4. The first-order valence-electron chi connectivity index (χ1n) is 33.9. The number of nitrogens with two attached hydrogens (primary N) is 1. The molecule has 1 aliphatic rings. The van der Waals surface area contributed by atoms with Crippen LogP contribution in [-0.2, 0) is 53.4 Å². The van der Waals surface area contributed by atoms with Crippen molar-refractivity contribution < 1.29 is 94.0 Å². The van der Waals surface area contributed by atoms with Crippen LogP contribution in [-0.4, -0.2) is 127 Å². The van der Waals surface area contributed by atoms with E-state index in [2.05, 4.69) is 57.6 Å². The van der Waals surface area contributed by atoms with E-state index in [0.717, 1.165) is 18.4 Å². The predicted molar refractivity (Wildman–Crippen MR) is 393 cm³/mol. The molecule has 0 bridgehead atoms. The maximum absolute atomic E-state index is 15.4. The lowest BCUT2D eigenvalue weighted by molar-refractivity contribution is -0.137. The van der Waals surface area contributed by atoms with Crippen LogP contribution in [0.4, 0.5) is 80.6 Å². The van der Waals surface area contributed by atoms with Gasteiger partial charge in [0.2, 0.25) is 0 Å². The van der Waals surface area contributed by atoms with E-state index in [1.165, 1.54) is 107 Å². The third kappa shape index (κ3) is 19.1. The summed E-state index contributed by atoms with van der Waals surface area (Å²) in [6.45, 7) is 5.59. The highest BCUT2D eigenvalue weighted by Gasteiger charge is 2.29. The number of carboxylic acid groups (broad SMARTS) is 1. The Bertz CT molecular complexity index is 5520. The topological polar surface area (TPSA) is 375 Å². The first-order valence-corrected chi connectivity index (χ1v) is 33.9. The number of hydrogen-bond acceptors (Lipinski definition) is 19. The minimum absolute atomic E-state index is 0.00990. The van der Waals surface area contributed by atoms with E-state index in [0.29, 0.717) is 52.2 Å². The zero-order chi connectivity index (χ0) is 80.2. The molecular formula is C75H74F8N16O12. The van der Waals surface area contributed by atoms with E-state index < -0.39 is 95.4 Å². The Balaban J connectivity index is 0.000000158. The highest BCUT2D eigenvalue weighted by molar-refractivity contribution is 6.07. The van der Waals surface area contributed by atoms with Crippen molar-refractivity contribution in [3.05, 3.63) is 213 Å². The van der Waals surface area contributed by atoms with E-state index in [4.69, 9.17) is 35.6 Å². The maximum atomic E-state index is 15.4. The van der Waals surface area contributed by atoms with Gasteiger partial charge in [-0.3, -0.25) is 38.5 Å². The molecule has 4 amide bonds. The average molecular weight is 1540 g/mol.